The van der Waals surface area contributed by atoms with Crippen LogP contribution in [-0.2, 0) is 0 Å². The Morgan fingerprint density at radius 3 is 2.19 bits per heavy atom. The first-order valence-corrected chi connectivity index (χ1v) is 5.63. The van der Waals surface area contributed by atoms with E-state index in [-0.39, 0.29) is 5.82 Å². The van der Waals surface area contributed by atoms with Crippen molar-refractivity contribution in [2.75, 3.05) is 31.1 Å². The van der Waals surface area contributed by atoms with Crippen LogP contribution in [0.2, 0.25) is 0 Å². The number of halogens is 1. The van der Waals surface area contributed by atoms with E-state index in [0.29, 0.717) is 12.0 Å². The highest BCUT2D eigenvalue weighted by Gasteiger charge is 2.20. The average Bonchev–Trinajstić information content (AvgIpc) is 2.30. The summed E-state index contributed by atoms with van der Waals surface area (Å²) in [6, 6.07) is 0.580. The Hall–Kier alpha value is -1.23. The van der Waals surface area contributed by atoms with Gasteiger partial charge in [-0.15, -0.1) is 0 Å². The molecule has 0 unspecified atom stereocenters. The Kier molecular flexibility index (Phi) is 3.33. The zero-order chi connectivity index (χ0) is 11.5. The summed E-state index contributed by atoms with van der Waals surface area (Å²) in [5, 5.41) is 0. The summed E-state index contributed by atoms with van der Waals surface area (Å²) in [5.74, 6) is 0.245. The minimum absolute atomic E-state index is 0.385. The zero-order valence-corrected chi connectivity index (χ0v) is 9.73. The highest BCUT2D eigenvalue weighted by Crippen LogP contribution is 2.11. The number of piperazine rings is 1. The quantitative estimate of drug-likeness (QED) is 0.754. The lowest BCUT2D eigenvalue weighted by molar-refractivity contribution is 0.208. The lowest BCUT2D eigenvalue weighted by atomic mass is 10.2. The van der Waals surface area contributed by atoms with Gasteiger partial charge in [0, 0.05) is 32.2 Å². The standard InChI is InChI=1S/C11H17FN4/c1-9(2)15-3-5-16(6-4-15)11-13-7-10(12)8-14-11/h7-9H,3-6H2,1-2H3. The molecular weight excluding hydrogens is 207 g/mol. The fourth-order valence-corrected chi connectivity index (χ4v) is 1.91. The summed E-state index contributed by atoms with van der Waals surface area (Å²) in [6.07, 6.45) is 2.44. The summed E-state index contributed by atoms with van der Waals surface area (Å²) in [6.45, 7) is 8.23. The monoisotopic (exact) mass is 224 g/mol. The van der Waals surface area contributed by atoms with E-state index < -0.39 is 0 Å². The molecule has 0 aliphatic carbocycles. The Morgan fingerprint density at radius 2 is 1.69 bits per heavy atom. The molecule has 0 bridgehead atoms. The van der Waals surface area contributed by atoms with Crippen LogP contribution in [0.5, 0.6) is 0 Å². The predicted molar refractivity (Wildman–Crippen MR) is 60.9 cm³/mol. The molecule has 0 aromatic carbocycles. The third-order valence-corrected chi connectivity index (χ3v) is 2.93. The molecule has 4 nitrogen and oxygen atoms in total. The van der Waals surface area contributed by atoms with E-state index in [0.717, 1.165) is 26.2 Å². The topological polar surface area (TPSA) is 32.3 Å². The van der Waals surface area contributed by atoms with Crippen LogP contribution in [0.3, 0.4) is 0 Å². The summed E-state index contributed by atoms with van der Waals surface area (Å²) in [4.78, 5) is 12.5. The van der Waals surface area contributed by atoms with Gasteiger partial charge in [-0.25, -0.2) is 14.4 Å². The molecule has 1 saturated heterocycles. The van der Waals surface area contributed by atoms with Gasteiger partial charge in [0.15, 0.2) is 5.82 Å². The number of hydrogen-bond donors (Lipinski definition) is 0. The van der Waals surface area contributed by atoms with E-state index in [2.05, 4.69) is 33.6 Å². The van der Waals surface area contributed by atoms with Gasteiger partial charge in [-0.2, -0.15) is 0 Å². The molecule has 16 heavy (non-hydrogen) atoms. The lowest BCUT2D eigenvalue weighted by Gasteiger charge is -2.36. The van der Waals surface area contributed by atoms with E-state index in [1.807, 2.05) is 0 Å². The molecule has 0 radical (unpaired) electrons. The van der Waals surface area contributed by atoms with Crippen molar-refractivity contribution in [2.45, 2.75) is 19.9 Å². The molecule has 1 aromatic heterocycles. The van der Waals surface area contributed by atoms with Crippen LogP contribution >= 0.6 is 0 Å². The van der Waals surface area contributed by atoms with Crippen molar-refractivity contribution >= 4 is 5.95 Å². The van der Waals surface area contributed by atoms with Crippen LogP contribution < -0.4 is 4.90 Å². The van der Waals surface area contributed by atoms with Crippen molar-refractivity contribution in [3.63, 3.8) is 0 Å². The van der Waals surface area contributed by atoms with Crippen molar-refractivity contribution in [3.8, 4) is 0 Å². The van der Waals surface area contributed by atoms with E-state index >= 15 is 0 Å². The first kappa shape index (κ1) is 11.3. The third kappa shape index (κ3) is 2.47. The molecular formula is C11H17FN4. The van der Waals surface area contributed by atoms with Gasteiger partial charge in [0.2, 0.25) is 5.95 Å². The summed E-state index contributed by atoms with van der Waals surface area (Å²) in [5.41, 5.74) is 0. The number of anilines is 1. The highest BCUT2D eigenvalue weighted by atomic mass is 19.1. The molecule has 0 spiro atoms. The normalized spacial score (nSPS) is 18.1. The fourth-order valence-electron chi connectivity index (χ4n) is 1.91. The minimum atomic E-state index is -0.385. The number of rotatable bonds is 2. The van der Waals surface area contributed by atoms with Crippen LogP contribution in [0, 0.1) is 5.82 Å². The van der Waals surface area contributed by atoms with E-state index in [4.69, 9.17) is 0 Å². The van der Waals surface area contributed by atoms with Gasteiger partial charge in [-0.05, 0) is 13.8 Å². The van der Waals surface area contributed by atoms with Gasteiger partial charge in [0.1, 0.15) is 0 Å². The second-order valence-electron chi connectivity index (χ2n) is 4.32. The van der Waals surface area contributed by atoms with Crippen molar-refractivity contribution < 1.29 is 4.39 Å². The molecule has 0 atom stereocenters. The number of nitrogens with zero attached hydrogens (tertiary/aromatic N) is 4. The summed E-state index contributed by atoms with van der Waals surface area (Å²) in [7, 11) is 0. The molecule has 1 aromatic rings. The molecule has 0 N–H and O–H groups in total. The van der Waals surface area contributed by atoms with Crippen LogP contribution in [0.4, 0.5) is 10.3 Å². The molecule has 1 aliphatic heterocycles. The largest absolute Gasteiger partial charge is 0.338 e. The SMILES string of the molecule is CC(C)N1CCN(c2ncc(F)cn2)CC1. The molecule has 1 aliphatic rings. The maximum Gasteiger partial charge on any atom is 0.225 e. The maximum absolute atomic E-state index is 12.7. The van der Waals surface area contributed by atoms with Crippen LogP contribution in [-0.4, -0.2) is 47.1 Å². The predicted octanol–water partition coefficient (Wildman–Crippen LogP) is 1.15. The molecule has 2 heterocycles. The first-order valence-electron chi connectivity index (χ1n) is 5.63. The Labute approximate surface area is 95.1 Å². The van der Waals surface area contributed by atoms with Gasteiger partial charge in [-0.3, -0.25) is 4.90 Å². The molecule has 2 rings (SSSR count). The van der Waals surface area contributed by atoms with Crippen molar-refractivity contribution in [1.82, 2.24) is 14.9 Å². The highest BCUT2D eigenvalue weighted by molar-refractivity contribution is 5.29. The van der Waals surface area contributed by atoms with E-state index in [9.17, 15) is 4.39 Å². The second-order valence-corrected chi connectivity index (χ2v) is 4.32. The van der Waals surface area contributed by atoms with Crippen LogP contribution in [0.15, 0.2) is 12.4 Å². The summed E-state index contributed by atoms with van der Waals surface area (Å²) < 4.78 is 12.7. The van der Waals surface area contributed by atoms with Gasteiger partial charge in [0.25, 0.3) is 0 Å². The van der Waals surface area contributed by atoms with Crippen LogP contribution in [0.25, 0.3) is 0 Å². The zero-order valence-electron chi connectivity index (χ0n) is 9.73. The molecule has 1 fully saturated rings. The minimum Gasteiger partial charge on any atom is -0.338 e. The van der Waals surface area contributed by atoms with E-state index in [1.54, 1.807) is 0 Å². The Balaban J connectivity index is 1.96. The second kappa shape index (κ2) is 4.74. The number of aromatic nitrogens is 2. The van der Waals surface area contributed by atoms with E-state index in [1.165, 1.54) is 12.4 Å². The third-order valence-electron chi connectivity index (χ3n) is 2.93. The van der Waals surface area contributed by atoms with Crippen molar-refractivity contribution in [2.24, 2.45) is 0 Å². The van der Waals surface area contributed by atoms with Crippen molar-refractivity contribution in [3.05, 3.63) is 18.2 Å². The first-order chi connectivity index (χ1) is 7.66. The summed E-state index contributed by atoms with van der Waals surface area (Å²) >= 11 is 0. The number of hydrogen-bond acceptors (Lipinski definition) is 4. The fraction of sp³-hybridized carbons (Fsp3) is 0.636. The van der Waals surface area contributed by atoms with Gasteiger partial charge in [-0.1, -0.05) is 0 Å². The van der Waals surface area contributed by atoms with Crippen LogP contribution in [0.1, 0.15) is 13.8 Å². The molecule has 0 saturated carbocycles. The van der Waals surface area contributed by atoms with Gasteiger partial charge < -0.3 is 4.90 Å². The smallest absolute Gasteiger partial charge is 0.225 e. The Bertz CT molecular complexity index is 330. The lowest BCUT2D eigenvalue weighted by Crippen LogP contribution is -2.49. The van der Waals surface area contributed by atoms with Crippen molar-refractivity contribution in [1.29, 1.82) is 0 Å². The van der Waals surface area contributed by atoms with Gasteiger partial charge >= 0.3 is 0 Å². The average molecular weight is 224 g/mol. The molecule has 5 heteroatoms. The maximum atomic E-state index is 12.7. The Morgan fingerprint density at radius 1 is 1.12 bits per heavy atom. The van der Waals surface area contributed by atoms with Gasteiger partial charge in [0.05, 0.1) is 12.4 Å². The molecule has 0 amide bonds. The molecule has 88 valence electrons.